The largest absolute Gasteiger partial charge is 0.494 e. The van der Waals surface area contributed by atoms with Crippen molar-refractivity contribution in [1.82, 2.24) is 15.1 Å². The van der Waals surface area contributed by atoms with Gasteiger partial charge in [0.05, 0.1) is 12.3 Å². The molecule has 1 heterocycles. The summed E-state index contributed by atoms with van der Waals surface area (Å²) >= 11 is 0. The summed E-state index contributed by atoms with van der Waals surface area (Å²) in [6.45, 7) is 3.11. The zero-order valence-corrected chi connectivity index (χ0v) is 14.9. The number of unbranched alkanes of at least 4 members (excludes halogenated alkanes) is 2. The van der Waals surface area contributed by atoms with Crippen LogP contribution in [0.15, 0.2) is 30.3 Å². The standard InChI is InChI=1S/C20H25N3O2/c1-4-6-7-8-12-25-18-11-9-10-16(13-18)15-21-20(24)19-14-17(5-2)22-23(19)3/h1,9-11,13-14H,5-8,12,15H2,2-3H3,(H,21,24). The third kappa shape index (κ3) is 5.68. The van der Waals surface area contributed by atoms with Crippen molar-refractivity contribution in [3.8, 4) is 18.1 Å². The maximum atomic E-state index is 12.3. The second-order valence-electron chi connectivity index (χ2n) is 5.84. The van der Waals surface area contributed by atoms with E-state index in [0.29, 0.717) is 18.8 Å². The first-order chi connectivity index (χ1) is 12.1. The Hall–Kier alpha value is -2.74. The predicted molar refractivity (Wildman–Crippen MR) is 98.4 cm³/mol. The van der Waals surface area contributed by atoms with Crippen LogP contribution < -0.4 is 10.1 Å². The number of benzene rings is 1. The van der Waals surface area contributed by atoms with Crippen molar-refractivity contribution in [2.45, 2.75) is 39.2 Å². The summed E-state index contributed by atoms with van der Waals surface area (Å²) in [5.74, 6) is 3.30. The predicted octanol–water partition coefficient (Wildman–Crippen LogP) is 3.09. The molecule has 0 fully saturated rings. The van der Waals surface area contributed by atoms with Crippen LogP contribution in [0.2, 0.25) is 0 Å². The molecule has 1 aromatic heterocycles. The summed E-state index contributed by atoms with van der Waals surface area (Å²) in [6.07, 6.45) is 8.72. The highest BCUT2D eigenvalue weighted by Crippen LogP contribution is 2.14. The van der Waals surface area contributed by atoms with E-state index in [2.05, 4.69) is 16.3 Å². The van der Waals surface area contributed by atoms with Gasteiger partial charge in [-0.1, -0.05) is 19.1 Å². The molecule has 0 aliphatic heterocycles. The molecular formula is C20H25N3O2. The number of rotatable bonds is 9. The fourth-order valence-corrected chi connectivity index (χ4v) is 2.45. The Morgan fingerprint density at radius 1 is 1.36 bits per heavy atom. The Bertz CT molecular complexity index is 744. The average molecular weight is 339 g/mol. The number of aromatic nitrogens is 2. The molecule has 0 unspecified atom stereocenters. The number of nitrogens with zero attached hydrogens (tertiary/aromatic N) is 2. The molecule has 0 aliphatic carbocycles. The van der Waals surface area contributed by atoms with Gasteiger partial charge in [0.1, 0.15) is 11.4 Å². The van der Waals surface area contributed by atoms with Crippen molar-refractivity contribution in [3.63, 3.8) is 0 Å². The monoisotopic (exact) mass is 339 g/mol. The number of hydrogen-bond donors (Lipinski definition) is 1. The highest BCUT2D eigenvalue weighted by Gasteiger charge is 2.12. The fourth-order valence-electron chi connectivity index (χ4n) is 2.45. The first-order valence-electron chi connectivity index (χ1n) is 8.60. The molecule has 2 aromatic rings. The number of carbonyl (C=O) groups excluding carboxylic acids is 1. The maximum Gasteiger partial charge on any atom is 0.269 e. The molecule has 1 N–H and O–H groups in total. The van der Waals surface area contributed by atoms with E-state index in [1.54, 1.807) is 11.7 Å². The van der Waals surface area contributed by atoms with E-state index < -0.39 is 0 Å². The van der Waals surface area contributed by atoms with E-state index >= 15 is 0 Å². The first kappa shape index (κ1) is 18.6. The minimum atomic E-state index is -0.129. The van der Waals surface area contributed by atoms with E-state index in [-0.39, 0.29) is 5.91 Å². The van der Waals surface area contributed by atoms with Crippen LogP contribution in [0.4, 0.5) is 0 Å². The van der Waals surface area contributed by atoms with Gasteiger partial charge in [0.2, 0.25) is 0 Å². The van der Waals surface area contributed by atoms with E-state index in [4.69, 9.17) is 11.2 Å². The highest BCUT2D eigenvalue weighted by atomic mass is 16.5. The van der Waals surface area contributed by atoms with Gasteiger partial charge in [-0.15, -0.1) is 12.3 Å². The van der Waals surface area contributed by atoms with Gasteiger partial charge >= 0.3 is 0 Å². The normalized spacial score (nSPS) is 10.3. The molecule has 25 heavy (non-hydrogen) atoms. The summed E-state index contributed by atoms with van der Waals surface area (Å²) in [4.78, 5) is 12.3. The van der Waals surface area contributed by atoms with Crippen LogP contribution >= 0.6 is 0 Å². The third-order valence-electron chi connectivity index (χ3n) is 3.86. The minimum Gasteiger partial charge on any atom is -0.494 e. The lowest BCUT2D eigenvalue weighted by Gasteiger charge is -2.09. The molecule has 5 nitrogen and oxygen atoms in total. The van der Waals surface area contributed by atoms with Gasteiger partial charge in [-0.05, 0) is 43.0 Å². The van der Waals surface area contributed by atoms with Gasteiger partial charge in [0.25, 0.3) is 5.91 Å². The number of nitrogens with one attached hydrogen (secondary N) is 1. The topological polar surface area (TPSA) is 56.1 Å². The summed E-state index contributed by atoms with van der Waals surface area (Å²) in [7, 11) is 1.78. The molecule has 132 valence electrons. The van der Waals surface area contributed by atoms with Gasteiger partial charge in [-0.2, -0.15) is 5.10 Å². The molecular weight excluding hydrogens is 314 g/mol. The van der Waals surface area contributed by atoms with Gasteiger partial charge in [-0.25, -0.2) is 0 Å². The Labute approximate surface area is 149 Å². The lowest BCUT2D eigenvalue weighted by atomic mass is 10.2. The van der Waals surface area contributed by atoms with Crippen molar-refractivity contribution >= 4 is 5.91 Å². The van der Waals surface area contributed by atoms with Crippen molar-refractivity contribution in [3.05, 3.63) is 47.3 Å². The molecule has 2 rings (SSSR count). The van der Waals surface area contributed by atoms with E-state index in [1.807, 2.05) is 37.3 Å². The van der Waals surface area contributed by atoms with Gasteiger partial charge in [-0.3, -0.25) is 9.48 Å². The SMILES string of the molecule is C#CCCCCOc1cccc(CNC(=O)c2cc(CC)nn2C)c1. The number of amides is 1. The third-order valence-corrected chi connectivity index (χ3v) is 3.86. The number of hydrogen-bond acceptors (Lipinski definition) is 3. The quantitative estimate of drug-likeness (QED) is 0.564. The molecule has 0 radical (unpaired) electrons. The summed E-state index contributed by atoms with van der Waals surface area (Å²) < 4.78 is 7.34. The molecule has 0 saturated carbocycles. The number of ether oxygens (including phenoxy) is 1. The van der Waals surface area contributed by atoms with Gasteiger partial charge in [0.15, 0.2) is 0 Å². The molecule has 0 atom stereocenters. The first-order valence-corrected chi connectivity index (χ1v) is 8.60. The number of aryl methyl sites for hydroxylation is 2. The highest BCUT2D eigenvalue weighted by molar-refractivity contribution is 5.92. The van der Waals surface area contributed by atoms with Crippen molar-refractivity contribution in [1.29, 1.82) is 0 Å². The van der Waals surface area contributed by atoms with E-state index in [0.717, 1.165) is 42.7 Å². The van der Waals surface area contributed by atoms with Crippen molar-refractivity contribution in [2.24, 2.45) is 7.05 Å². The zero-order valence-electron chi connectivity index (χ0n) is 14.9. The van der Waals surface area contributed by atoms with Crippen molar-refractivity contribution in [2.75, 3.05) is 6.61 Å². The summed E-state index contributed by atoms with van der Waals surface area (Å²) in [5, 5.41) is 7.23. The summed E-state index contributed by atoms with van der Waals surface area (Å²) in [5.41, 5.74) is 2.47. The summed E-state index contributed by atoms with van der Waals surface area (Å²) in [6, 6.07) is 9.58. The van der Waals surface area contributed by atoms with E-state index in [9.17, 15) is 4.79 Å². The van der Waals surface area contributed by atoms with Crippen LogP contribution in [0.25, 0.3) is 0 Å². The molecule has 0 saturated heterocycles. The fraction of sp³-hybridized carbons (Fsp3) is 0.400. The Morgan fingerprint density at radius 3 is 2.92 bits per heavy atom. The van der Waals surface area contributed by atoms with Crippen LogP contribution in [0.1, 0.15) is 47.9 Å². The van der Waals surface area contributed by atoms with E-state index in [1.165, 1.54) is 0 Å². The van der Waals surface area contributed by atoms with Crippen LogP contribution in [-0.4, -0.2) is 22.3 Å². The van der Waals surface area contributed by atoms with Crippen molar-refractivity contribution < 1.29 is 9.53 Å². The molecule has 1 aromatic carbocycles. The molecule has 0 aliphatic rings. The van der Waals surface area contributed by atoms with Gasteiger partial charge < -0.3 is 10.1 Å². The maximum absolute atomic E-state index is 12.3. The Morgan fingerprint density at radius 2 is 2.20 bits per heavy atom. The molecule has 0 spiro atoms. The van der Waals surface area contributed by atoms with Crippen LogP contribution in [0, 0.1) is 12.3 Å². The average Bonchev–Trinajstić information content (AvgIpc) is 3.01. The Balaban J connectivity index is 1.86. The van der Waals surface area contributed by atoms with Crippen LogP contribution in [0.3, 0.4) is 0 Å². The Kier molecular flexibility index (Phi) is 7.09. The van der Waals surface area contributed by atoms with Crippen LogP contribution in [0.5, 0.6) is 5.75 Å². The van der Waals surface area contributed by atoms with Crippen LogP contribution in [-0.2, 0) is 20.0 Å². The zero-order chi connectivity index (χ0) is 18.1. The lowest BCUT2D eigenvalue weighted by molar-refractivity contribution is 0.0941. The molecule has 1 amide bonds. The smallest absolute Gasteiger partial charge is 0.269 e. The minimum absolute atomic E-state index is 0.129. The molecule has 5 heteroatoms. The second kappa shape index (κ2) is 9.53. The molecule has 0 bridgehead atoms. The lowest BCUT2D eigenvalue weighted by Crippen LogP contribution is -2.25. The van der Waals surface area contributed by atoms with Gasteiger partial charge in [0, 0.05) is 20.0 Å². The number of terminal acetylenes is 1. The second-order valence-corrected chi connectivity index (χ2v) is 5.84. The number of carbonyl (C=O) groups is 1.